The number of hydrogen-bond acceptors (Lipinski definition) is 0. The molecule has 0 spiro atoms. The molecule has 0 saturated carbocycles. The van der Waals surface area contributed by atoms with Crippen molar-refractivity contribution in [3.63, 3.8) is 0 Å². The Morgan fingerprint density at radius 1 is 0.652 bits per heavy atom. The summed E-state index contributed by atoms with van der Waals surface area (Å²) < 4.78 is 46.3. The van der Waals surface area contributed by atoms with Crippen LogP contribution in [0.2, 0.25) is 0 Å². The molecule has 0 bridgehead atoms. The molecule has 0 aromatic rings. The molecule has 1 unspecified atom stereocenters. The van der Waals surface area contributed by atoms with E-state index in [0.29, 0.717) is 0 Å². The molecule has 0 fully saturated rings. The molecule has 1 atom stereocenters. The SMILES string of the molecule is CC(C)(C)C(F)(Cl)Cl.CC(C)(C)C(F)(F)Cl.CC(C)(C)C(F)Cl. The Hall–Kier alpha value is 0.880. The van der Waals surface area contributed by atoms with E-state index in [-0.39, 0.29) is 0 Å². The fraction of sp³-hybridized carbons (Fsp3) is 1.00. The Morgan fingerprint density at radius 3 is 0.783 bits per heavy atom. The second-order valence-electron chi connectivity index (χ2n) is 8.16. The maximum Gasteiger partial charge on any atom is 0.326 e. The lowest BCUT2D eigenvalue weighted by Crippen LogP contribution is -2.27. The summed E-state index contributed by atoms with van der Waals surface area (Å²) in [5, 5.41) is -3.09. The Balaban J connectivity index is -0.000000262. The van der Waals surface area contributed by atoms with Crippen LogP contribution in [0.3, 0.4) is 0 Å². The molecule has 0 aromatic carbocycles. The van der Waals surface area contributed by atoms with E-state index in [1.165, 1.54) is 20.8 Å². The monoisotopic (exact) mass is 424 g/mol. The Morgan fingerprint density at radius 2 is 0.783 bits per heavy atom. The van der Waals surface area contributed by atoms with Gasteiger partial charge in [-0.25, -0.2) is 8.78 Å². The lowest BCUT2D eigenvalue weighted by Gasteiger charge is -2.25. The number of halogens is 8. The third-order valence-corrected chi connectivity index (χ3v) is 4.71. The zero-order chi connectivity index (χ0) is 20.1. The topological polar surface area (TPSA) is 0 Å². The van der Waals surface area contributed by atoms with Crippen LogP contribution in [0.4, 0.5) is 17.6 Å². The van der Waals surface area contributed by atoms with E-state index in [0.717, 1.165) is 0 Å². The van der Waals surface area contributed by atoms with Crippen LogP contribution < -0.4 is 0 Å². The van der Waals surface area contributed by atoms with Crippen LogP contribution in [0.1, 0.15) is 62.3 Å². The smallest absolute Gasteiger partial charge is 0.229 e. The summed E-state index contributed by atoms with van der Waals surface area (Å²) in [6.45, 7) is 14.3. The molecule has 0 amide bonds. The minimum Gasteiger partial charge on any atom is -0.229 e. The number of hydrogen-bond donors (Lipinski definition) is 0. The zero-order valence-corrected chi connectivity index (χ0v) is 18.1. The van der Waals surface area contributed by atoms with Crippen LogP contribution in [0.5, 0.6) is 0 Å². The fourth-order valence-corrected chi connectivity index (χ4v) is 0. The first-order valence-electron chi connectivity index (χ1n) is 6.86. The molecule has 0 nitrogen and oxygen atoms in total. The Bertz CT molecular complexity index is 265. The van der Waals surface area contributed by atoms with Crippen molar-refractivity contribution in [3.8, 4) is 0 Å². The summed E-state index contributed by atoms with van der Waals surface area (Å²) in [7, 11) is 0. The highest BCUT2D eigenvalue weighted by Crippen LogP contribution is 2.41. The third-order valence-electron chi connectivity index (χ3n) is 2.36. The summed E-state index contributed by atoms with van der Waals surface area (Å²) in [6.07, 6.45) is 0. The van der Waals surface area contributed by atoms with Crippen LogP contribution in [0.25, 0.3) is 0 Å². The van der Waals surface area contributed by atoms with E-state index >= 15 is 0 Å². The van der Waals surface area contributed by atoms with Crippen LogP contribution in [0.15, 0.2) is 0 Å². The van der Waals surface area contributed by atoms with Gasteiger partial charge in [-0.2, -0.15) is 8.78 Å². The van der Waals surface area contributed by atoms with E-state index in [1.807, 2.05) is 0 Å². The number of rotatable bonds is 0. The minimum atomic E-state index is -3.09. The van der Waals surface area contributed by atoms with Crippen LogP contribution in [-0.2, 0) is 0 Å². The minimum absolute atomic E-state index is 0.401. The highest BCUT2D eigenvalue weighted by molar-refractivity contribution is 6.47. The molecule has 0 N–H and O–H groups in total. The van der Waals surface area contributed by atoms with Gasteiger partial charge in [0.15, 0.2) is 5.63 Å². The normalized spacial score (nSPS) is 15.0. The van der Waals surface area contributed by atoms with Crippen molar-refractivity contribution in [2.45, 2.75) is 77.9 Å². The van der Waals surface area contributed by atoms with Crippen LogP contribution in [0, 0.1) is 16.2 Å². The lowest BCUT2D eigenvalue weighted by molar-refractivity contribution is -0.0142. The van der Waals surface area contributed by atoms with Gasteiger partial charge in [0.1, 0.15) is 0 Å². The lowest BCUT2D eigenvalue weighted by atomic mass is 9.98. The van der Waals surface area contributed by atoms with Gasteiger partial charge in [0.25, 0.3) is 4.59 Å². The van der Waals surface area contributed by atoms with Gasteiger partial charge < -0.3 is 0 Å². The highest BCUT2D eigenvalue weighted by atomic mass is 35.5. The molecule has 23 heavy (non-hydrogen) atoms. The second-order valence-corrected chi connectivity index (χ2v) is 10.3. The summed E-state index contributed by atoms with van der Waals surface area (Å²) in [5.74, 6) is 0. The van der Waals surface area contributed by atoms with E-state index in [9.17, 15) is 17.6 Å². The summed E-state index contributed by atoms with van der Waals surface area (Å²) >= 11 is 20.0. The molecule has 0 heterocycles. The summed E-state index contributed by atoms with van der Waals surface area (Å²) in [4.78, 5) is 0. The van der Waals surface area contributed by atoms with Crippen molar-refractivity contribution >= 4 is 46.4 Å². The van der Waals surface area contributed by atoms with Crippen LogP contribution in [-0.4, -0.2) is 15.6 Å². The van der Waals surface area contributed by atoms with Gasteiger partial charge in [0.05, 0.1) is 0 Å². The van der Waals surface area contributed by atoms with Gasteiger partial charge >= 0.3 is 5.38 Å². The average Bonchev–Trinajstić information content (AvgIpc) is 2.10. The van der Waals surface area contributed by atoms with Gasteiger partial charge in [-0.15, -0.1) is 0 Å². The van der Waals surface area contributed by atoms with Crippen molar-refractivity contribution in [1.82, 2.24) is 0 Å². The van der Waals surface area contributed by atoms with Gasteiger partial charge in [0, 0.05) is 16.2 Å². The van der Waals surface area contributed by atoms with Gasteiger partial charge in [-0.05, 0) is 11.6 Å². The molecule has 8 heteroatoms. The molecule has 0 rings (SSSR count). The van der Waals surface area contributed by atoms with Gasteiger partial charge in [-0.1, -0.05) is 97.1 Å². The van der Waals surface area contributed by atoms with Gasteiger partial charge in [-0.3, -0.25) is 0 Å². The third kappa shape index (κ3) is 16.1. The largest absolute Gasteiger partial charge is 0.326 e. The standard InChI is InChI=1S/C5H9Cl2F.C5H9ClF2.C5H10ClF/c2*1-4(2,3)5(6,7)8;1-5(2,3)4(6)7/h2*1-3H3;4H,1-3H3. The van der Waals surface area contributed by atoms with E-state index in [1.54, 1.807) is 41.5 Å². The van der Waals surface area contributed by atoms with Gasteiger partial charge in [0.2, 0.25) is 0 Å². The molecular weight excluding hydrogens is 398 g/mol. The first-order chi connectivity index (χ1) is 9.44. The maximum absolute atomic E-state index is 12.4. The van der Waals surface area contributed by atoms with Crippen molar-refractivity contribution < 1.29 is 17.6 Å². The molecule has 0 radical (unpaired) electrons. The zero-order valence-electron chi connectivity index (χ0n) is 15.1. The quantitative estimate of drug-likeness (QED) is 0.269. The summed E-state index contributed by atoms with van der Waals surface area (Å²) in [5.41, 5.74) is -3.46. The first kappa shape index (κ1) is 28.7. The maximum atomic E-state index is 12.4. The first-order valence-corrected chi connectivity index (χ1v) is 8.43. The van der Waals surface area contributed by atoms with Crippen molar-refractivity contribution in [2.24, 2.45) is 16.2 Å². The van der Waals surface area contributed by atoms with Crippen molar-refractivity contribution in [3.05, 3.63) is 0 Å². The molecular formula is C15H28Cl4F4. The van der Waals surface area contributed by atoms with E-state index < -0.39 is 31.8 Å². The van der Waals surface area contributed by atoms with E-state index in [2.05, 4.69) is 11.6 Å². The average molecular weight is 426 g/mol. The predicted molar refractivity (Wildman–Crippen MR) is 95.5 cm³/mol. The fourth-order valence-electron chi connectivity index (χ4n) is 0. The Kier molecular flexibility index (Phi) is 11.9. The molecule has 0 aliphatic heterocycles. The van der Waals surface area contributed by atoms with Crippen molar-refractivity contribution in [2.75, 3.05) is 0 Å². The number of alkyl halides is 8. The van der Waals surface area contributed by atoms with E-state index in [4.69, 9.17) is 34.8 Å². The molecule has 0 aromatic heterocycles. The predicted octanol–water partition coefficient (Wildman–Crippen LogP) is 8.56. The molecule has 144 valence electrons. The molecule has 0 aliphatic carbocycles. The Labute approximate surface area is 158 Å². The second kappa shape index (κ2) is 9.54. The summed E-state index contributed by atoms with van der Waals surface area (Å²) in [6, 6.07) is 0. The highest BCUT2D eigenvalue weighted by Gasteiger charge is 2.40. The molecule has 0 saturated heterocycles. The van der Waals surface area contributed by atoms with Crippen molar-refractivity contribution in [1.29, 1.82) is 0 Å². The molecule has 0 aliphatic rings. The van der Waals surface area contributed by atoms with Crippen LogP contribution >= 0.6 is 46.4 Å².